The van der Waals surface area contributed by atoms with Gasteiger partial charge in [0.05, 0.1) is 6.20 Å². The highest BCUT2D eigenvalue weighted by Gasteiger charge is 2.19. The lowest BCUT2D eigenvalue weighted by Crippen LogP contribution is -2.47. The second-order valence-corrected chi connectivity index (χ2v) is 7.34. The summed E-state index contributed by atoms with van der Waals surface area (Å²) < 4.78 is 1.99. The van der Waals surface area contributed by atoms with Gasteiger partial charge in [-0.1, -0.05) is 23.8 Å². The molecule has 0 spiro atoms. The van der Waals surface area contributed by atoms with E-state index in [1.54, 1.807) is 12.4 Å². The molecule has 0 unspecified atom stereocenters. The summed E-state index contributed by atoms with van der Waals surface area (Å²) in [7, 11) is 2.09. The summed E-state index contributed by atoms with van der Waals surface area (Å²) in [5.74, 6) is 1.10. The molecule has 1 amide bonds. The van der Waals surface area contributed by atoms with E-state index >= 15 is 0 Å². The molecule has 1 aliphatic heterocycles. The number of amides is 1. The molecule has 1 fully saturated rings. The Labute approximate surface area is 165 Å². The van der Waals surface area contributed by atoms with Crippen LogP contribution in [0.1, 0.15) is 12.0 Å². The lowest BCUT2D eigenvalue weighted by atomic mass is 10.1. The average molecular weight is 378 g/mol. The molecule has 0 saturated carbocycles. The zero-order valence-electron chi connectivity index (χ0n) is 16.4. The predicted molar refractivity (Wildman–Crippen MR) is 110 cm³/mol. The third kappa shape index (κ3) is 3.84. The molecular formula is C21H26N6O. The first-order valence-corrected chi connectivity index (χ1v) is 9.71. The predicted octanol–water partition coefficient (Wildman–Crippen LogP) is 2.28. The van der Waals surface area contributed by atoms with Gasteiger partial charge in [0.15, 0.2) is 5.65 Å². The van der Waals surface area contributed by atoms with E-state index in [-0.39, 0.29) is 5.91 Å². The molecule has 4 rings (SSSR count). The van der Waals surface area contributed by atoms with E-state index in [0.29, 0.717) is 13.0 Å². The number of nitrogens with zero attached hydrogens (tertiary/aromatic N) is 5. The van der Waals surface area contributed by atoms with E-state index in [0.717, 1.165) is 48.9 Å². The first-order chi connectivity index (χ1) is 13.6. The lowest BCUT2D eigenvalue weighted by molar-refractivity contribution is -0.132. The van der Waals surface area contributed by atoms with E-state index in [1.165, 1.54) is 5.56 Å². The summed E-state index contributed by atoms with van der Waals surface area (Å²) in [4.78, 5) is 25.7. The minimum Gasteiger partial charge on any atom is -0.369 e. The molecule has 2 aromatic heterocycles. The summed E-state index contributed by atoms with van der Waals surface area (Å²) in [5, 5.41) is 3.45. The Morgan fingerprint density at radius 3 is 2.82 bits per heavy atom. The number of likely N-dealkylation sites (N-methyl/N-ethyl adjacent to an activating group) is 1. The van der Waals surface area contributed by atoms with Gasteiger partial charge in [-0.2, -0.15) is 0 Å². The highest BCUT2D eigenvalue weighted by Crippen LogP contribution is 2.29. The van der Waals surface area contributed by atoms with Gasteiger partial charge in [-0.3, -0.25) is 14.2 Å². The minimum atomic E-state index is 0.202. The third-order valence-electron chi connectivity index (χ3n) is 5.21. The van der Waals surface area contributed by atoms with Crippen LogP contribution in [0.15, 0.2) is 42.9 Å². The smallest absolute Gasteiger partial charge is 0.224 e. The Kier molecular flexibility index (Phi) is 5.25. The van der Waals surface area contributed by atoms with Crippen LogP contribution in [0.25, 0.3) is 16.9 Å². The van der Waals surface area contributed by atoms with Crippen molar-refractivity contribution in [3.8, 4) is 11.3 Å². The van der Waals surface area contributed by atoms with Gasteiger partial charge in [-0.05, 0) is 20.0 Å². The maximum absolute atomic E-state index is 12.5. The van der Waals surface area contributed by atoms with E-state index in [1.807, 2.05) is 21.6 Å². The maximum atomic E-state index is 12.5. The van der Waals surface area contributed by atoms with Crippen LogP contribution in [0.3, 0.4) is 0 Å². The van der Waals surface area contributed by atoms with Crippen LogP contribution in [0.4, 0.5) is 5.82 Å². The molecule has 28 heavy (non-hydrogen) atoms. The normalized spacial score (nSPS) is 15.1. The molecule has 1 saturated heterocycles. The van der Waals surface area contributed by atoms with Crippen molar-refractivity contribution < 1.29 is 4.79 Å². The molecule has 7 nitrogen and oxygen atoms in total. The van der Waals surface area contributed by atoms with Crippen molar-refractivity contribution in [2.45, 2.75) is 13.3 Å². The second-order valence-electron chi connectivity index (χ2n) is 7.34. The van der Waals surface area contributed by atoms with Crippen LogP contribution in [-0.2, 0) is 4.79 Å². The lowest BCUT2D eigenvalue weighted by Gasteiger charge is -2.32. The topological polar surface area (TPSA) is 65.8 Å². The second kappa shape index (κ2) is 7.98. The van der Waals surface area contributed by atoms with Crippen LogP contribution >= 0.6 is 0 Å². The van der Waals surface area contributed by atoms with Gasteiger partial charge in [0.1, 0.15) is 11.5 Å². The van der Waals surface area contributed by atoms with Crippen molar-refractivity contribution in [3.63, 3.8) is 0 Å². The third-order valence-corrected chi connectivity index (χ3v) is 5.21. The van der Waals surface area contributed by atoms with Crippen molar-refractivity contribution in [2.24, 2.45) is 0 Å². The van der Waals surface area contributed by atoms with Crippen LogP contribution in [0.5, 0.6) is 0 Å². The molecule has 146 valence electrons. The molecule has 0 aliphatic carbocycles. The summed E-state index contributed by atoms with van der Waals surface area (Å²) in [6.07, 6.45) is 5.86. The van der Waals surface area contributed by atoms with Gasteiger partial charge >= 0.3 is 0 Å². The quantitative estimate of drug-likeness (QED) is 0.738. The molecule has 3 heterocycles. The highest BCUT2D eigenvalue weighted by atomic mass is 16.2. The molecule has 1 N–H and O–H groups in total. The summed E-state index contributed by atoms with van der Waals surface area (Å²) in [5.41, 5.74) is 3.90. The number of piperazine rings is 1. The summed E-state index contributed by atoms with van der Waals surface area (Å²) >= 11 is 0. The van der Waals surface area contributed by atoms with Gasteiger partial charge in [-0.15, -0.1) is 0 Å². The molecule has 7 heteroatoms. The zero-order chi connectivity index (χ0) is 19.5. The summed E-state index contributed by atoms with van der Waals surface area (Å²) in [6, 6.07) is 8.29. The van der Waals surface area contributed by atoms with Gasteiger partial charge in [0.25, 0.3) is 0 Å². The van der Waals surface area contributed by atoms with E-state index in [2.05, 4.69) is 47.4 Å². The number of fused-ring (bicyclic) bond motifs is 1. The molecule has 3 aromatic rings. The van der Waals surface area contributed by atoms with Gasteiger partial charge < -0.3 is 15.1 Å². The summed E-state index contributed by atoms with van der Waals surface area (Å²) in [6.45, 7) is 6.15. The first kappa shape index (κ1) is 18.4. The van der Waals surface area contributed by atoms with Crippen molar-refractivity contribution in [3.05, 3.63) is 48.4 Å². The molecule has 0 bridgehead atoms. The largest absolute Gasteiger partial charge is 0.369 e. The monoisotopic (exact) mass is 378 g/mol. The Hall–Kier alpha value is -2.93. The fourth-order valence-electron chi connectivity index (χ4n) is 3.57. The van der Waals surface area contributed by atoms with Crippen molar-refractivity contribution in [2.75, 3.05) is 45.1 Å². The maximum Gasteiger partial charge on any atom is 0.224 e. The molecule has 0 radical (unpaired) electrons. The number of carbonyl (C=O) groups excluding carboxylic acids is 1. The molecule has 1 aromatic carbocycles. The van der Waals surface area contributed by atoms with Crippen LogP contribution in [0.2, 0.25) is 0 Å². The number of anilines is 1. The Morgan fingerprint density at radius 1 is 1.21 bits per heavy atom. The van der Waals surface area contributed by atoms with Crippen molar-refractivity contribution >= 4 is 17.4 Å². The van der Waals surface area contributed by atoms with Gasteiger partial charge in [0.2, 0.25) is 5.91 Å². The zero-order valence-corrected chi connectivity index (χ0v) is 16.4. The minimum absolute atomic E-state index is 0.202. The Morgan fingerprint density at radius 2 is 2.04 bits per heavy atom. The molecule has 0 atom stereocenters. The Bertz CT molecular complexity index is 974. The van der Waals surface area contributed by atoms with Gasteiger partial charge in [0, 0.05) is 57.1 Å². The number of hydrogen-bond acceptors (Lipinski definition) is 5. The number of benzene rings is 1. The number of nitrogens with one attached hydrogen (secondary N) is 1. The number of carbonyl (C=O) groups is 1. The molecule has 1 aliphatic rings. The number of hydrogen-bond donors (Lipinski definition) is 1. The van der Waals surface area contributed by atoms with E-state index in [9.17, 15) is 4.79 Å². The highest BCUT2D eigenvalue weighted by molar-refractivity contribution is 5.79. The number of aryl methyl sites for hydroxylation is 1. The van der Waals surface area contributed by atoms with Crippen molar-refractivity contribution in [1.82, 2.24) is 24.2 Å². The first-order valence-electron chi connectivity index (χ1n) is 9.71. The van der Waals surface area contributed by atoms with E-state index in [4.69, 9.17) is 4.98 Å². The fourth-order valence-corrected chi connectivity index (χ4v) is 3.57. The van der Waals surface area contributed by atoms with Gasteiger partial charge in [-0.25, -0.2) is 4.98 Å². The average Bonchev–Trinajstić information content (AvgIpc) is 3.07. The Balaban J connectivity index is 1.51. The SMILES string of the molecule is Cc1cccc(-c2nc3cnccn3c2NCCC(=O)N2CCN(C)CC2)c1. The fraction of sp³-hybridized carbons (Fsp3) is 0.381. The van der Waals surface area contributed by atoms with Crippen molar-refractivity contribution in [1.29, 1.82) is 0 Å². The van der Waals surface area contributed by atoms with Crippen LogP contribution < -0.4 is 5.32 Å². The standard InChI is InChI=1S/C21H26N6O/c1-16-4-3-5-17(14-16)20-21(27-9-8-22-15-18(27)24-20)23-7-6-19(28)26-12-10-25(2)11-13-26/h3-5,8-9,14-15,23H,6-7,10-13H2,1-2H3. The van der Waals surface area contributed by atoms with Crippen LogP contribution in [-0.4, -0.2) is 69.8 Å². The molecular weight excluding hydrogens is 352 g/mol. The van der Waals surface area contributed by atoms with E-state index < -0.39 is 0 Å². The number of aromatic nitrogens is 3. The number of imidazole rings is 1. The van der Waals surface area contributed by atoms with Crippen LogP contribution in [0, 0.1) is 6.92 Å². The number of rotatable bonds is 5.